The van der Waals surface area contributed by atoms with Crippen LogP contribution in [0.1, 0.15) is 11.5 Å². The van der Waals surface area contributed by atoms with E-state index in [9.17, 15) is 0 Å². The Morgan fingerprint density at radius 1 is 1.10 bits per heavy atom. The molecule has 5 heteroatoms. The predicted molar refractivity (Wildman–Crippen MR) is 87.1 cm³/mol. The Morgan fingerprint density at radius 3 is 2.76 bits per heavy atom. The fraction of sp³-hybridized carbons (Fsp3) is 0.250. The summed E-state index contributed by atoms with van der Waals surface area (Å²) < 4.78 is 2.19. The number of halogens is 2. The smallest absolute Gasteiger partial charge is 0.111 e. The largest absolute Gasteiger partial charge is 0.328 e. The fourth-order valence-electron chi connectivity index (χ4n) is 2.44. The van der Waals surface area contributed by atoms with Crippen LogP contribution in [-0.2, 0) is 19.4 Å². The summed E-state index contributed by atoms with van der Waals surface area (Å²) in [6, 6.07) is 11.7. The molecule has 21 heavy (non-hydrogen) atoms. The Hall–Kier alpha value is -1.58. The van der Waals surface area contributed by atoms with Crippen molar-refractivity contribution in [3.05, 3.63) is 59.1 Å². The summed E-state index contributed by atoms with van der Waals surface area (Å²) in [5.41, 5.74) is 3.08. The average molecular weight is 320 g/mol. The number of benzene rings is 1. The van der Waals surface area contributed by atoms with E-state index < -0.39 is 0 Å². The molecule has 0 radical (unpaired) electrons. The fourth-order valence-corrected chi connectivity index (χ4v) is 2.78. The second kappa shape index (κ2) is 6.46. The van der Waals surface area contributed by atoms with Gasteiger partial charge in [-0.2, -0.15) is 0 Å². The SMILES string of the molecule is ClCCc1nc2ccc(Cl)cc2n1CCc1ccccn1. The molecule has 108 valence electrons. The lowest BCUT2D eigenvalue weighted by atomic mass is 10.2. The van der Waals surface area contributed by atoms with E-state index in [1.165, 1.54) is 0 Å². The first-order valence-electron chi connectivity index (χ1n) is 6.88. The van der Waals surface area contributed by atoms with E-state index in [1.807, 2.05) is 42.6 Å². The minimum Gasteiger partial charge on any atom is -0.328 e. The number of aromatic nitrogens is 3. The molecule has 0 unspecified atom stereocenters. The highest BCUT2D eigenvalue weighted by Crippen LogP contribution is 2.21. The molecule has 0 saturated heterocycles. The summed E-state index contributed by atoms with van der Waals surface area (Å²) >= 11 is 12.0. The van der Waals surface area contributed by atoms with E-state index in [2.05, 4.69) is 14.5 Å². The van der Waals surface area contributed by atoms with Crippen molar-refractivity contribution in [3.8, 4) is 0 Å². The number of hydrogen-bond acceptors (Lipinski definition) is 2. The molecule has 3 aromatic rings. The second-order valence-corrected chi connectivity index (χ2v) is 5.64. The van der Waals surface area contributed by atoms with Crippen LogP contribution in [0.4, 0.5) is 0 Å². The molecule has 2 aromatic heterocycles. The maximum Gasteiger partial charge on any atom is 0.111 e. The zero-order chi connectivity index (χ0) is 14.7. The zero-order valence-electron chi connectivity index (χ0n) is 11.5. The molecule has 0 saturated carbocycles. The van der Waals surface area contributed by atoms with Gasteiger partial charge in [-0.05, 0) is 30.3 Å². The van der Waals surface area contributed by atoms with Crippen LogP contribution in [0, 0.1) is 0 Å². The topological polar surface area (TPSA) is 30.7 Å². The van der Waals surface area contributed by atoms with Gasteiger partial charge >= 0.3 is 0 Å². The van der Waals surface area contributed by atoms with Gasteiger partial charge in [0.15, 0.2) is 0 Å². The molecule has 3 nitrogen and oxygen atoms in total. The van der Waals surface area contributed by atoms with Gasteiger partial charge in [0.05, 0.1) is 11.0 Å². The molecular weight excluding hydrogens is 305 g/mol. The summed E-state index contributed by atoms with van der Waals surface area (Å²) in [5, 5.41) is 0.721. The second-order valence-electron chi connectivity index (χ2n) is 4.82. The van der Waals surface area contributed by atoms with Gasteiger partial charge in [-0.15, -0.1) is 11.6 Å². The molecule has 2 heterocycles. The van der Waals surface area contributed by atoms with Gasteiger partial charge in [-0.1, -0.05) is 17.7 Å². The summed E-state index contributed by atoms with van der Waals surface area (Å²) in [6.07, 6.45) is 3.42. The maximum atomic E-state index is 6.11. The molecule has 3 rings (SSSR count). The molecule has 0 N–H and O–H groups in total. The first-order valence-corrected chi connectivity index (χ1v) is 7.80. The molecule has 0 aliphatic carbocycles. The number of rotatable bonds is 5. The van der Waals surface area contributed by atoms with Gasteiger partial charge in [0.1, 0.15) is 5.82 Å². The van der Waals surface area contributed by atoms with Crippen LogP contribution in [0.25, 0.3) is 11.0 Å². The van der Waals surface area contributed by atoms with E-state index in [4.69, 9.17) is 23.2 Å². The summed E-state index contributed by atoms with van der Waals surface area (Å²) in [7, 11) is 0. The number of aryl methyl sites for hydroxylation is 3. The number of fused-ring (bicyclic) bond motifs is 1. The lowest BCUT2D eigenvalue weighted by Crippen LogP contribution is -2.07. The molecule has 0 fully saturated rings. The minimum atomic E-state index is 0.556. The van der Waals surface area contributed by atoms with Gasteiger partial charge < -0.3 is 4.57 Å². The Labute approximate surface area is 133 Å². The predicted octanol–water partition coefficient (Wildman–Crippen LogP) is 4.11. The van der Waals surface area contributed by atoms with Crippen molar-refractivity contribution in [1.29, 1.82) is 0 Å². The average Bonchev–Trinajstić information content (AvgIpc) is 2.83. The normalized spacial score (nSPS) is 11.1. The van der Waals surface area contributed by atoms with Crippen molar-refractivity contribution in [1.82, 2.24) is 14.5 Å². The van der Waals surface area contributed by atoms with Gasteiger partial charge in [-0.3, -0.25) is 4.98 Å². The lowest BCUT2D eigenvalue weighted by molar-refractivity contribution is 0.666. The van der Waals surface area contributed by atoms with Crippen molar-refractivity contribution >= 4 is 34.2 Å². The number of pyridine rings is 1. The number of alkyl halides is 1. The Bertz CT molecular complexity index is 738. The van der Waals surface area contributed by atoms with Crippen molar-refractivity contribution in [2.24, 2.45) is 0 Å². The van der Waals surface area contributed by atoms with Crippen LogP contribution in [0.5, 0.6) is 0 Å². The van der Waals surface area contributed by atoms with E-state index in [1.54, 1.807) is 0 Å². The third-order valence-corrected chi connectivity index (χ3v) is 3.85. The molecule has 0 atom stereocenters. The van der Waals surface area contributed by atoms with Crippen LogP contribution in [0.15, 0.2) is 42.6 Å². The highest BCUT2D eigenvalue weighted by atomic mass is 35.5. The van der Waals surface area contributed by atoms with Gasteiger partial charge in [0.25, 0.3) is 0 Å². The van der Waals surface area contributed by atoms with Crippen molar-refractivity contribution in [3.63, 3.8) is 0 Å². The highest BCUT2D eigenvalue weighted by Gasteiger charge is 2.11. The molecule has 0 aliphatic rings. The summed E-state index contributed by atoms with van der Waals surface area (Å²) in [4.78, 5) is 9.02. The third-order valence-electron chi connectivity index (χ3n) is 3.43. The number of imidazole rings is 1. The third kappa shape index (κ3) is 3.20. The molecular formula is C16H15Cl2N3. The first kappa shape index (κ1) is 14.4. The van der Waals surface area contributed by atoms with E-state index in [0.717, 1.165) is 47.0 Å². The van der Waals surface area contributed by atoms with E-state index >= 15 is 0 Å². The minimum absolute atomic E-state index is 0.556. The van der Waals surface area contributed by atoms with Crippen LogP contribution >= 0.6 is 23.2 Å². The van der Waals surface area contributed by atoms with Crippen LogP contribution < -0.4 is 0 Å². The van der Waals surface area contributed by atoms with Crippen molar-refractivity contribution < 1.29 is 0 Å². The molecule has 0 spiro atoms. The Morgan fingerprint density at radius 2 is 2.00 bits per heavy atom. The Kier molecular flexibility index (Phi) is 4.42. The Balaban J connectivity index is 1.94. The van der Waals surface area contributed by atoms with Gasteiger partial charge in [0.2, 0.25) is 0 Å². The highest BCUT2D eigenvalue weighted by molar-refractivity contribution is 6.31. The number of nitrogens with zero attached hydrogens (tertiary/aromatic N) is 3. The first-order chi connectivity index (χ1) is 10.3. The van der Waals surface area contributed by atoms with E-state index in [-0.39, 0.29) is 0 Å². The summed E-state index contributed by atoms with van der Waals surface area (Å²) in [5.74, 6) is 1.55. The standard InChI is InChI=1S/C16H15Cl2N3/c17-8-6-16-20-14-5-4-12(18)11-15(14)21(16)10-7-13-3-1-2-9-19-13/h1-5,9,11H,6-8,10H2. The van der Waals surface area contributed by atoms with Crippen LogP contribution in [-0.4, -0.2) is 20.4 Å². The lowest BCUT2D eigenvalue weighted by Gasteiger charge is -2.08. The van der Waals surface area contributed by atoms with Crippen LogP contribution in [0.3, 0.4) is 0 Å². The van der Waals surface area contributed by atoms with Crippen molar-refractivity contribution in [2.75, 3.05) is 5.88 Å². The van der Waals surface area contributed by atoms with Gasteiger partial charge in [-0.25, -0.2) is 4.98 Å². The van der Waals surface area contributed by atoms with Gasteiger partial charge in [0, 0.05) is 42.2 Å². The molecule has 0 amide bonds. The molecule has 1 aromatic carbocycles. The summed E-state index contributed by atoms with van der Waals surface area (Å²) in [6.45, 7) is 0.820. The number of hydrogen-bond donors (Lipinski definition) is 0. The molecule has 0 aliphatic heterocycles. The van der Waals surface area contributed by atoms with Crippen LogP contribution in [0.2, 0.25) is 5.02 Å². The maximum absolute atomic E-state index is 6.11. The monoisotopic (exact) mass is 319 g/mol. The molecule has 0 bridgehead atoms. The quantitative estimate of drug-likeness (QED) is 0.662. The van der Waals surface area contributed by atoms with Crippen molar-refractivity contribution in [2.45, 2.75) is 19.4 Å². The van der Waals surface area contributed by atoms with E-state index in [0.29, 0.717) is 5.88 Å². The zero-order valence-corrected chi connectivity index (χ0v) is 13.0.